The largest absolute Gasteiger partial charge is 0.495 e. The molecule has 2 aromatic carbocycles. The predicted octanol–water partition coefficient (Wildman–Crippen LogP) is 4.57. The van der Waals surface area contributed by atoms with Crippen molar-refractivity contribution >= 4 is 38.8 Å². The molecule has 0 bridgehead atoms. The van der Waals surface area contributed by atoms with Gasteiger partial charge in [-0.15, -0.1) is 11.3 Å². The summed E-state index contributed by atoms with van der Waals surface area (Å²) in [6.45, 7) is 0.716. The molecule has 3 nitrogen and oxygen atoms in total. The Morgan fingerprint density at radius 1 is 1.25 bits per heavy atom. The van der Waals surface area contributed by atoms with E-state index in [0.29, 0.717) is 17.3 Å². The third-order valence-corrected chi connectivity index (χ3v) is 4.13. The Morgan fingerprint density at radius 3 is 2.95 bits per heavy atom. The summed E-state index contributed by atoms with van der Waals surface area (Å²) in [5, 5.41) is 4.02. The third kappa shape index (κ3) is 2.71. The van der Waals surface area contributed by atoms with E-state index in [1.807, 2.05) is 35.8 Å². The fourth-order valence-electron chi connectivity index (χ4n) is 1.99. The summed E-state index contributed by atoms with van der Waals surface area (Å²) >= 11 is 7.76. The molecule has 0 aliphatic rings. The molecule has 1 aromatic heterocycles. The fraction of sp³-hybridized carbons (Fsp3) is 0.133. The van der Waals surface area contributed by atoms with Crippen LogP contribution in [0.15, 0.2) is 41.9 Å². The van der Waals surface area contributed by atoms with E-state index in [1.54, 1.807) is 18.4 Å². The Labute approximate surface area is 126 Å². The van der Waals surface area contributed by atoms with Crippen LogP contribution >= 0.6 is 22.9 Å². The van der Waals surface area contributed by atoms with E-state index < -0.39 is 0 Å². The summed E-state index contributed by atoms with van der Waals surface area (Å²) in [6.07, 6.45) is 0. The number of halogens is 1. The van der Waals surface area contributed by atoms with Gasteiger partial charge in [0.1, 0.15) is 5.75 Å². The quantitative estimate of drug-likeness (QED) is 0.766. The van der Waals surface area contributed by atoms with Gasteiger partial charge in [0.2, 0.25) is 0 Å². The fourth-order valence-corrected chi connectivity index (χ4v) is 2.99. The zero-order valence-electron chi connectivity index (χ0n) is 10.9. The standard InChI is InChI=1S/C15H13ClN2OS/c1-19-14-5-2-10(6-12(14)16)8-17-11-3-4-13-15(7-11)20-9-18-13/h2-7,9,17H,8H2,1H3. The first kappa shape index (κ1) is 13.2. The smallest absolute Gasteiger partial charge is 0.137 e. The average molecular weight is 305 g/mol. The first-order chi connectivity index (χ1) is 9.76. The molecule has 3 aromatic rings. The summed E-state index contributed by atoms with van der Waals surface area (Å²) in [5.41, 5.74) is 5.08. The number of ether oxygens (including phenoxy) is 1. The molecular weight excluding hydrogens is 292 g/mol. The van der Waals surface area contributed by atoms with Gasteiger partial charge in [0.05, 0.1) is 27.9 Å². The lowest BCUT2D eigenvalue weighted by atomic mass is 10.2. The molecule has 0 radical (unpaired) electrons. The average Bonchev–Trinajstić information content (AvgIpc) is 2.92. The maximum absolute atomic E-state index is 6.12. The molecule has 0 saturated carbocycles. The number of nitrogens with zero attached hydrogens (tertiary/aromatic N) is 1. The van der Waals surface area contributed by atoms with Crippen molar-refractivity contribution in [2.45, 2.75) is 6.54 Å². The summed E-state index contributed by atoms with van der Waals surface area (Å²) in [7, 11) is 1.61. The summed E-state index contributed by atoms with van der Waals surface area (Å²) in [5.74, 6) is 0.696. The lowest BCUT2D eigenvalue weighted by molar-refractivity contribution is 0.415. The highest BCUT2D eigenvalue weighted by Crippen LogP contribution is 2.26. The first-order valence-electron chi connectivity index (χ1n) is 6.16. The minimum Gasteiger partial charge on any atom is -0.495 e. The topological polar surface area (TPSA) is 34.1 Å². The number of benzene rings is 2. The number of methoxy groups -OCH3 is 1. The van der Waals surface area contributed by atoms with E-state index >= 15 is 0 Å². The van der Waals surface area contributed by atoms with E-state index in [0.717, 1.165) is 16.8 Å². The molecule has 0 aliphatic carbocycles. The van der Waals surface area contributed by atoms with E-state index in [2.05, 4.69) is 16.4 Å². The molecule has 0 atom stereocenters. The SMILES string of the molecule is COc1ccc(CNc2ccc3ncsc3c2)cc1Cl. The van der Waals surface area contributed by atoms with Crippen molar-refractivity contribution in [1.29, 1.82) is 0 Å². The van der Waals surface area contributed by atoms with Gasteiger partial charge in [0, 0.05) is 12.2 Å². The minimum atomic E-state index is 0.629. The highest BCUT2D eigenvalue weighted by atomic mass is 35.5. The summed E-state index contributed by atoms with van der Waals surface area (Å²) < 4.78 is 6.33. The molecule has 0 fully saturated rings. The lowest BCUT2D eigenvalue weighted by Gasteiger charge is -2.08. The zero-order valence-corrected chi connectivity index (χ0v) is 12.5. The van der Waals surface area contributed by atoms with Gasteiger partial charge in [-0.05, 0) is 35.9 Å². The Kier molecular flexibility index (Phi) is 3.76. The van der Waals surface area contributed by atoms with Gasteiger partial charge < -0.3 is 10.1 Å². The number of nitrogens with one attached hydrogen (secondary N) is 1. The number of rotatable bonds is 4. The molecule has 0 spiro atoms. The molecule has 5 heteroatoms. The van der Waals surface area contributed by atoms with Crippen LogP contribution in [0.3, 0.4) is 0 Å². The molecule has 1 N–H and O–H groups in total. The van der Waals surface area contributed by atoms with Crippen LogP contribution < -0.4 is 10.1 Å². The third-order valence-electron chi connectivity index (χ3n) is 3.04. The number of fused-ring (bicyclic) bond motifs is 1. The summed E-state index contributed by atoms with van der Waals surface area (Å²) in [6, 6.07) is 12.0. The van der Waals surface area contributed by atoms with Crippen LogP contribution in [0.2, 0.25) is 5.02 Å². The summed E-state index contributed by atoms with van der Waals surface area (Å²) in [4.78, 5) is 4.27. The Hall–Kier alpha value is -1.78. The van der Waals surface area contributed by atoms with Crippen molar-refractivity contribution in [1.82, 2.24) is 4.98 Å². The van der Waals surface area contributed by atoms with Crippen molar-refractivity contribution in [3.05, 3.63) is 52.5 Å². The second-order valence-corrected chi connectivity index (χ2v) is 5.65. The van der Waals surface area contributed by atoms with Gasteiger partial charge >= 0.3 is 0 Å². The lowest BCUT2D eigenvalue weighted by Crippen LogP contribution is -1.99. The van der Waals surface area contributed by atoms with Crippen molar-refractivity contribution in [3.8, 4) is 5.75 Å². The van der Waals surface area contributed by atoms with Gasteiger partial charge in [-0.25, -0.2) is 4.98 Å². The molecule has 20 heavy (non-hydrogen) atoms. The van der Waals surface area contributed by atoms with E-state index in [-0.39, 0.29) is 0 Å². The Bertz CT molecular complexity index is 742. The molecule has 102 valence electrons. The van der Waals surface area contributed by atoms with Crippen LogP contribution in [-0.2, 0) is 6.54 Å². The Morgan fingerprint density at radius 2 is 2.15 bits per heavy atom. The Balaban J connectivity index is 1.73. The van der Waals surface area contributed by atoms with Crippen LogP contribution in [0.4, 0.5) is 5.69 Å². The van der Waals surface area contributed by atoms with E-state index in [1.165, 1.54) is 4.70 Å². The van der Waals surface area contributed by atoms with Gasteiger partial charge in [-0.2, -0.15) is 0 Å². The van der Waals surface area contributed by atoms with Crippen molar-refractivity contribution in [2.24, 2.45) is 0 Å². The maximum atomic E-state index is 6.12. The molecule has 0 aliphatic heterocycles. The minimum absolute atomic E-state index is 0.629. The van der Waals surface area contributed by atoms with Crippen LogP contribution in [0.5, 0.6) is 5.75 Å². The van der Waals surface area contributed by atoms with Gasteiger partial charge in [-0.1, -0.05) is 17.7 Å². The molecule has 0 saturated heterocycles. The highest BCUT2D eigenvalue weighted by Gasteiger charge is 2.03. The number of thiazole rings is 1. The molecule has 1 heterocycles. The highest BCUT2D eigenvalue weighted by molar-refractivity contribution is 7.16. The van der Waals surface area contributed by atoms with Crippen LogP contribution in [0.25, 0.3) is 10.2 Å². The number of aromatic nitrogens is 1. The normalized spacial score (nSPS) is 10.7. The second kappa shape index (κ2) is 5.69. The zero-order chi connectivity index (χ0) is 13.9. The van der Waals surface area contributed by atoms with E-state index in [9.17, 15) is 0 Å². The predicted molar refractivity (Wildman–Crippen MR) is 85.0 cm³/mol. The van der Waals surface area contributed by atoms with Gasteiger partial charge in [0.15, 0.2) is 0 Å². The molecular formula is C15H13ClN2OS. The van der Waals surface area contributed by atoms with Crippen LogP contribution in [-0.4, -0.2) is 12.1 Å². The van der Waals surface area contributed by atoms with Crippen molar-refractivity contribution in [3.63, 3.8) is 0 Å². The monoisotopic (exact) mass is 304 g/mol. The molecule has 3 rings (SSSR count). The van der Waals surface area contributed by atoms with Crippen LogP contribution in [0, 0.1) is 0 Å². The first-order valence-corrected chi connectivity index (χ1v) is 7.41. The van der Waals surface area contributed by atoms with Crippen molar-refractivity contribution < 1.29 is 4.74 Å². The van der Waals surface area contributed by atoms with Crippen molar-refractivity contribution in [2.75, 3.05) is 12.4 Å². The number of hydrogen-bond donors (Lipinski definition) is 1. The maximum Gasteiger partial charge on any atom is 0.137 e. The number of anilines is 1. The number of hydrogen-bond acceptors (Lipinski definition) is 4. The van der Waals surface area contributed by atoms with E-state index in [4.69, 9.17) is 16.3 Å². The molecule has 0 unspecified atom stereocenters. The molecule has 0 amide bonds. The second-order valence-electron chi connectivity index (χ2n) is 4.36. The van der Waals surface area contributed by atoms with Crippen LogP contribution in [0.1, 0.15) is 5.56 Å². The van der Waals surface area contributed by atoms with Gasteiger partial charge in [-0.3, -0.25) is 0 Å². The van der Waals surface area contributed by atoms with Gasteiger partial charge in [0.25, 0.3) is 0 Å².